The minimum Gasteiger partial charge on any atom is -0.385 e. The Bertz CT molecular complexity index is 554. The third-order valence-electron chi connectivity index (χ3n) is 8.13. The van der Waals surface area contributed by atoms with Gasteiger partial charge < -0.3 is 5.11 Å². The standard InChI is InChI=1S/C25H38O/c1-2-4-19-5-7-20(8-6-19)21-9-11-22(12-10-21)23-13-15-24(16-14-23)25(26)17-3-18-25/h13-16,19-22,26H,2-12,17-18H2,1H3. The van der Waals surface area contributed by atoms with E-state index < -0.39 is 5.60 Å². The number of hydrogen-bond acceptors (Lipinski definition) is 1. The van der Waals surface area contributed by atoms with Crippen LogP contribution in [0, 0.1) is 17.8 Å². The lowest BCUT2D eigenvalue weighted by molar-refractivity contribution is -0.0388. The molecule has 26 heavy (non-hydrogen) atoms. The molecule has 3 saturated carbocycles. The second-order valence-electron chi connectivity index (χ2n) is 9.69. The summed E-state index contributed by atoms with van der Waals surface area (Å²) in [4.78, 5) is 0. The van der Waals surface area contributed by atoms with Crippen LogP contribution in [-0.4, -0.2) is 5.11 Å². The van der Waals surface area contributed by atoms with Gasteiger partial charge in [0.2, 0.25) is 0 Å². The van der Waals surface area contributed by atoms with Crippen LogP contribution in [0.4, 0.5) is 0 Å². The van der Waals surface area contributed by atoms with Crippen molar-refractivity contribution in [3.05, 3.63) is 35.4 Å². The molecule has 1 N–H and O–H groups in total. The van der Waals surface area contributed by atoms with Crippen molar-refractivity contribution in [3.63, 3.8) is 0 Å². The molecule has 0 bridgehead atoms. The van der Waals surface area contributed by atoms with Crippen molar-refractivity contribution >= 4 is 0 Å². The largest absolute Gasteiger partial charge is 0.385 e. The molecule has 3 fully saturated rings. The molecule has 4 rings (SSSR count). The summed E-state index contributed by atoms with van der Waals surface area (Å²) in [5, 5.41) is 10.5. The number of benzene rings is 1. The Labute approximate surface area is 160 Å². The molecule has 0 unspecified atom stereocenters. The van der Waals surface area contributed by atoms with E-state index in [9.17, 15) is 5.11 Å². The van der Waals surface area contributed by atoms with Gasteiger partial charge in [0, 0.05) is 0 Å². The lowest BCUT2D eigenvalue weighted by Gasteiger charge is -2.38. The van der Waals surface area contributed by atoms with Crippen LogP contribution in [0.3, 0.4) is 0 Å². The van der Waals surface area contributed by atoms with Crippen LogP contribution in [-0.2, 0) is 5.60 Å². The molecule has 0 heterocycles. The smallest absolute Gasteiger partial charge is 0.0896 e. The van der Waals surface area contributed by atoms with Crippen molar-refractivity contribution in [1.29, 1.82) is 0 Å². The highest BCUT2D eigenvalue weighted by Gasteiger charge is 2.36. The Morgan fingerprint density at radius 1 is 0.846 bits per heavy atom. The Hall–Kier alpha value is -0.820. The first kappa shape index (κ1) is 18.5. The molecular formula is C25H38O. The van der Waals surface area contributed by atoms with Gasteiger partial charge in [0.1, 0.15) is 0 Å². The average molecular weight is 355 g/mol. The van der Waals surface area contributed by atoms with E-state index in [-0.39, 0.29) is 0 Å². The van der Waals surface area contributed by atoms with Crippen molar-refractivity contribution in [2.45, 2.75) is 102 Å². The number of aliphatic hydroxyl groups is 1. The minimum absolute atomic E-state index is 0.507. The van der Waals surface area contributed by atoms with Crippen molar-refractivity contribution in [2.75, 3.05) is 0 Å². The fraction of sp³-hybridized carbons (Fsp3) is 0.760. The lowest BCUT2D eigenvalue weighted by atomic mass is 9.68. The van der Waals surface area contributed by atoms with Crippen LogP contribution < -0.4 is 0 Å². The second kappa shape index (κ2) is 8.05. The third-order valence-corrected chi connectivity index (χ3v) is 8.13. The fourth-order valence-electron chi connectivity index (χ4n) is 6.15. The molecule has 0 saturated heterocycles. The molecule has 1 nitrogen and oxygen atoms in total. The Morgan fingerprint density at radius 2 is 1.42 bits per heavy atom. The average Bonchev–Trinajstić information content (AvgIpc) is 2.67. The Balaban J connectivity index is 1.27. The summed E-state index contributed by atoms with van der Waals surface area (Å²) in [6, 6.07) is 9.03. The first-order valence-electron chi connectivity index (χ1n) is 11.5. The molecule has 1 heteroatoms. The zero-order chi connectivity index (χ0) is 18.0. The SMILES string of the molecule is CCCC1CCC(C2CCC(c3ccc(C4(O)CCC4)cc3)CC2)CC1. The highest BCUT2D eigenvalue weighted by Crippen LogP contribution is 2.45. The van der Waals surface area contributed by atoms with Crippen LogP contribution in [0.2, 0.25) is 0 Å². The first-order valence-corrected chi connectivity index (χ1v) is 11.5. The molecule has 0 spiro atoms. The van der Waals surface area contributed by atoms with E-state index in [1.807, 2.05) is 0 Å². The highest BCUT2D eigenvalue weighted by molar-refractivity contribution is 5.30. The summed E-state index contributed by atoms with van der Waals surface area (Å²) in [7, 11) is 0. The number of rotatable bonds is 5. The van der Waals surface area contributed by atoms with Crippen LogP contribution in [0.5, 0.6) is 0 Å². The molecule has 1 aromatic rings. The molecular weight excluding hydrogens is 316 g/mol. The van der Waals surface area contributed by atoms with Gasteiger partial charge in [0.05, 0.1) is 5.60 Å². The zero-order valence-corrected chi connectivity index (χ0v) is 16.8. The van der Waals surface area contributed by atoms with E-state index in [1.165, 1.54) is 76.2 Å². The summed E-state index contributed by atoms with van der Waals surface area (Å²) < 4.78 is 0. The molecule has 3 aliphatic rings. The summed E-state index contributed by atoms with van der Waals surface area (Å²) >= 11 is 0. The van der Waals surface area contributed by atoms with Gasteiger partial charge in [-0.05, 0) is 92.6 Å². The molecule has 0 atom stereocenters. The van der Waals surface area contributed by atoms with Gasteiger partial charge in [-0.25, -0.2) is 0 Å². The van der Waals surface area contributed by atoms with Gasteiger partial charge in [-0.2, -0.15) is 0 Å². The van der Waals surface area contributed by atoms with Crippen LogP contribution in [0.15, 0.2) is 24.3 Å². The van der Waals surface area contributed by atoms with Crippen LogP contribution in [0.1, 0.15) is 107 Å². The zero-order valence-electron chi connectivity index (χ0n) is 16.8. The van der Waals surface area contributed by atoms with Gasteiger partial charge in [-0.15, -0.1) is 0 Å². The predicted octanol–water partition coefficient (Wildman–Crippen LogP) is 6.94. The van der Waals surface area contributed by atoms with Gasteiger partial charge in [0.25, 0.3) is 0 Å². The fourth-order valence-corrected chi connectivity index (χ4v) is 6.15. The van der Waals surface area contributed by atoms with Gasteiger partial charge in [-0.1, -0.05) is 56.9 Å². The minimum atomic E-state index is -0.507. The van der Waals surface area contributed by atoms with Gasteiger partial charge in [0.15, 0.2) is 0 Å². The second-order valence-corrected chi connectivity index (χ2v) is 9.69. The maximum atomic E-state index is 10.5. The quantitative estimate of drug-likeness (QED) is 0.607. The normalized spacial score (nSPS) is 34.2. The monoisotopic (exact) mass is 354 g/mol. The predicted molar refractivity (Wildman–Crippen MR) is 109 cm³/mol. The molecule has 0 aromatic heterocycles. The molecule has 0 radical (unpaired) electrons. The maximum absolute atomic E-state index is 10.5. The van der Waals surface area contributed by atoms with E-state index in [2.05, 4.69) is 31.2 Å². The molecule has 144 valence electrons. The van der Waals surface area contributed by atoms with Gasteiger partial charge >= 0.3 is 0 Å². The van der Waals surface area contributed by atoms with Crippen molar-refractivity contribution in [1.82, 2.24) is 0 Å². The third kappa shape index (κ3) is 3.88. The topological polar surface area (TPSA) is 20.2 Å². The first-order chi connectivity index (χ1) is 12.7. The summed E-state index contributed by atoms with van der Waals surface area (Å²) in [6.45, 7) is 2.34. The molecule has 0 aliphatic heterocycles. The number of hydrogen-bond donors (Lipinski definition) is 1. The van der Waals surface area contributed by atoms with E-state index in [4.69, 9.17) is 0 Å². The van der Waals surface area contributed by atoms with E-state index >= 15 is 0 Å². The van der Waals surface area contributed by atoms with E-state index in [0.29, 0.717) is 0 Å². The Morgan fingerprint density at radius 3 is 1.92 bits per heavy atom. The van der Waals surface area contributed by atoms with E-state index in [0.717, 1.165) is 42.1 Å². The summed E-state index contributed by atoms with van der Waals surface area (Å²) in [6.07, 6.45) is 17.6. The maximum Gasteiger partial charge on any atom is 0.0896 e. The van der Waals surface area contributed by atoms with Gasteiger partial charge in [-0.3, -0.25) is 0 Å². The van der Waals surface area contributed by atoms with E-state index in [1.54, 1.807) is 0 Å². The Kier molecular flexibility index (Phi) is 5.74. The van der Waals surface area contributed by atoms with Crippen LogP contribution in [0.25, 0.3) is 0 Å². The lowest BCUT2D eigenvalue weighted by Crippen LogP contribution is -2.33. The van der Waals surface area contributed by atoms with Crippen molar-refractivity contribution in [3.8, 4) is 0 Å². The van der Waals surface area contributed by atoms with Crippen molar-refractivity contribution in [2.24, 2.45) is 17.8 Å². The van der Waals surface area contributed by atoms with Crippen LogP contribution >= 0.6 is 0 Å². The van der Waals surface area contributed by atoms with Crippen molar-refractivity contribution < 1.29 is 5.11 Å². The highest BCUT2D eigenvalue weighted by atomic mass is 16.3. The summed E-state index contributed by atoms with van der Waals surface area (Å²) in [5.41, 5.74) is 2.15. The molecule has 0 amide bonds. The molecule has 1 aromatic carbocycles. The summed E-state index contributed by atoms with van der Waals surface area (Å²) in [5.74, 6) is 3.83. The molecule has 3 aliphatic carbocycles.